The summed E-state index contributed by atoms with van der Waals surface area (Å²) in [5, 5.41) is 0. The van der Waals surface area contributed by atoms with Crippen LogP contribution in [0.2, 0.25) is 0 Å². The lowest BCUT2D eigenvalue weighted by molar-refractivity contribution is -0.117. The molecule has 2 heteroatoms. The summed E-state index contributed by atoms with van der Waals surface area (Å²) in [6.07, 6.45) is 1.47. The Hall–Kier alpha value is -0.370. The highest BCUT2D eigenvalue weighted by Crippen LogP contribution is 1.97. The molecular formula is C12H26O2. The van der Waals surface area contributed by atoms with Crippen LogP contribution in [0.5, 0.6) is 0 Å². The minimum absolute atomic E-state index is 0.287. The minimum atomic E-state index is 0.287. The molecule has 0 spiro atoms. The van der Waals surface area contributed by atoms with Gasteiger partial charge >= 0.3 is 0 Å². The molecule has 0 aromatic rings. The summed E-state index contributed by atoms with van der Waals surface area (Å²) in [5.74, 6) is 0.813. The van der Waals surface area contributed by atoms with Gasteiger partial charge in [-0.3, -0.25) is 0 Å². The SMILES string of the molecule is CC(=O)CC(C)C.CC(C)OC(C)C. The summed E-state index contributed by atoms with van der Waals surface area (Å²) in [4.78, 5) is 10.3. The predicted molar refractivity (Wildman–Crippen MR) is 61.5 cm³/mol. The van der Waals surface area contributed by atoms with Crippen LogP contribution in [0.25, 0.3) is 0 Å². The molecule has 14 heavy (non-hydrogen) atoms. The van der Waals surface area contributed by atoms with Gasteiger partial charge in [-0.25, -0.2) is 0 Å². The van der Waals surface area contributed by atoms with Gasteiger partial charge < -0.3 is 9.53 Å². The highest BCUT2D eigenvalue weighted by Gasteiger charge is 1.95. The van der Waals surface area contributed by atoms with Gasteiger partial charge in [0.2, 0.25) is 0 Å². The number of ketones is 1. The van der Waals surface area contributed by atoms with E-state index >= 15 is 0 Å². The molecule has 0 amide bonds. The third-order valence-electron chi connectivity index (χ3n) is 1.24. The molecule has 0 aromatic carbocycles. The van der Waals surface area contributed by atoms with Gasteiger partial charge in [-0.05, 0) is 40.5 Å². The van der Waals surface area contributed by atoms with Crippen molar-refractivity contribution >= 4 is 5.78 Å². The molecule has 0 saturated heterocycles. The van der Waals surface area contributed by atoms with E-state index in [4.69, 9.17) is 4.74 Å². The van der Waals surface area contributed by atoms with Crippen LogP contribution in [0, 0.1) is 5.92 Å². The Morgan fingerprint density at radius 1 is 1.00 bits per heavy atom. The molecule has 0 aliphatic heterocycles. The smallest absolute Gasteiger partial charge is 0.130 e. The normalized spacial score (nSPS) is 10.4. The second kappa shape index (κ2) is 9.20. The second-order valence-corrected chi connectivity index (χ2v) is 4.53. The highest BCUT2D eigenvalue weighted by molar-refractivity contribution is 5.75. The number of ether oxygens (including phenoxy) is 1. The predicted octanol–water partition coefficient (Wildman–Crippen LogP) is 3.44. The first-order valence-electron chi connectivity index (χ1n) is 5.40. The van der Waals surface area contributed by atoms with Gasteiger partial charge in [-0.1, -0.05) is 13.8 Å². The van der Waals surface area contributed by atoms with Crippen molar-refractivity contribution in [2.75, 3.05) is 0 Å². The van der Waals surface area contributed by atoms with E-state index in [1.54, 1.807) is 6.92 Å². The van der Waals surface area contributed by atoms with Gasteiger partial charge in [0.05, 0.1) is 12.2 Å². The fourth-order valence-electron chi connectivity index (χ4n) is 1.12. The zero-order valence-corrected chi connectivity index (χ0v) is 10.8. The summed E-state index contributed by atoms with van der Waals surface area (Å²) in [6, 6.07) is 0. The van der Waals surface area contributed by atoms with Gasteiger partial charge in [0.1, 0.15) is 5.78 Å². The molecule has 0 aliphatic rings. The third-order valence-corrected chi connectivity index (χ3v) is 1.24. The van der Waals surface area contributed by atoms with Crippen LogP contribution < -0.4 is 0 Å². The Morgan fingerprint density at radius 2 is 1.36 bits per heavy atom. The van der Waals surface area contributed by atoms with Crippen LogP contribution in [0.15, 0.2) is 0 Å². The van der Waals surface area contributed by atoms with Crippen LogP contribution in [0.4, 0.5) is 0 Å². The Kier molecular flexibility index (Phi) is 10.6. The molecule has 0 saturated carbocycles. The molecule has 0 aromatic heterocycles. The van der Waals surface area contributed by atoms with E-state index in [0.29, 0.717) is 18.1 Å². The van der Waals surface area contributed by atoms with Crippen molar-refractivity contribution in [3.05, 3.63) is 0 Å². The van der Waals surface area contributed by atoms with Crippen molar-refractivity contribution in [3.63, 3.8) is 0 Å². The summed E-state index contributed by atoms with van der Waals surface area (Å²) < 4.78 is 5.25. The van der Waals surface area contributed by atoms with Crippen molar-refractivity contribution in [2.24, 2.45) is 5.92 Å². The molecular weight excluding hydrogens is 176 g/mol. The average molecular weight is 202 g/mol. The molecule has 0 unspecified atom stereocenters. The standard InChI is InChI=1S/C6H14O.C6H12O/c1-5(2)7-6(3)4;1-5(2)4-6(3)7/h5-6H,1-4H3;5H,4H2,1-3H3. The molecule has 2 nitrogen and oxygen atoms in total. The monoisotopic (exact) mass is 202 g/mol. The van der Waals surface area contributed by atoms with E-state index in [1.165, 1.54) is 0 Å². The Labute approximate surface area is 89.0 Å². The maximum Gasteiger partial charge on any atom is 0.130 e. The van der Waals surface area contributed by atoms with E-state index in [-0.39, 0.29) is 5.78 Å². The molecule has 0 atom stereocenters. The maximum absolute atomic E-state index is 10.3. The van der Waals surface area contributed by atoms with Gasteiger partial charge in [-0.15, -0.1) is 0 Å². The fraction of sp³-hybridized carbons (Fsp3) is 0.917. The highest BCUT2D eigenvalue weighted by atomic mass is 16.5. The largest absolute Gasteiger partial charge is 0.376 e. The number of carbonyl (C=O) groups excluding carboxylic acids is 1. The van der Waals surface area contributed by atoms with Gasteiger partial charge in [0, 0.05) is 6.42 Å². The first kappa shape index (κ1) is 16.1. The van der Waals surface area contributed by atoms with Crippen molar-refractivity contribution in [2.45, 2.75) is 67.1 Å². The second-order valence-electron chi connectivity index (χ2n) is 4.53. The van der Waals surface area contributed by atoms with Crippen LogP contribution in [0.3, 0.4) is 0 Å². The summed E-state index contributed by atoms with van der Waals surface area (Å²) in [6.45, 7) is 13.9. The van der Waals surface area contributed by atoms with Crippen molar-refractivity contribution in [3.8, 4) is 0 Å². The quantitative estimate of drug-likeness (QED) is 0.698. The van der Waals surface area contributed by atoms with Gasteiger partial charge in [0.15, 0.2) is 0 Å². The number of Topliss-reactive ketones (excluding diaryl/α,β-unsaturated/α-hetero) is 1. The van der Waals surface area contributed by atoms with Crippen molar-refractivity contribution in [1.82, 2.24) is 0 Å². The van der Waals surface area contributed by atoms with Gasteiger partial charge in [-0.2, -0.15) is 0 Å². The fourth-order valence-corrected chi connectivity index (χ4v) is 1.12. The topological polar surface area (TPSA) is 26.3 Å². The lowest BCUT2D eigenvalue weighted by Gasteiger charge is -2.09. The zero-order chi connectivity index (χ0) is 11.7. The number of hydrogen-bond donors (Lipinski definition) is 0. The Bertz CT molecular complexity index is 131. The van der Waals surface area contributed by atoms with Gasteiger partial charge in [0.25, 0.3) is 0 Å². The first-order valence-corrected chi connectivity index (χ1v) is 5.40. The maximum atomic E-state index is 10.3. The first-order chi connectivity index (χ1) is 6.25. The molecule has 0 N–H and O–H groups in total. The lowest BCUT2D eigenvalue weighted by Crippen LogP contribution is -2.09. The van der Waals surface area contributed by atoms with Crippen LogP contribution >= 0.6 is 0 Å². The minimum Gasteiger partial charge on any atom is -0.376 e. The molecule has 0 heterocycles. The molecule has 0 fully saturated rings. The number of carbonyl (C=O) groups is 1. The van der Waals surface area contributed by atoms with E-state index in [2.05, 4.69) is 0 Å². The summed E-state index contributed by atoms with van der Waals surface area (Å²) in [7, 11) is 0. The molecule has 0 rings (SSSR count). The molecule has 86 valence electrons. The van der Waals surface area contributed by atoms with E-state index in [0.717, 1.165) is 6.42 Å². The lowest BCUT2D eigenvalue weighted by atomic mass is 10.1. The summed E-state index contributed by atoms with van der Waals surface area (Å²) in [5.41, 5.74) is 0. The average Bonchev–Trinajstić information content (AvgIpc) is 1.79. The Morgan fingerprint density at radius 3 is 1.36 bits per heavy atom. The number of hydrogen-bond acceptors (Lipinski definition) is 2. The summed E-state index contributed by atoms with van der Waals surface area (Å²) >= 11 is 0. The zero-order valence-electron chi connectivity index (χ0n) is 10.8. The van der Waals surface area contributed by atoms with Crippen LogP contribution in [-0.2, 0) is 9.53 Å². The molecule has 0 bridgehead atoms. The van der Waals surface area contributed by atoms with Crippen LogP contribution in [-0.4, -0.2) is 18.0 Å². The van der Waals surface area contributed by atoms with Crippen molar-refractivity contribution in [1.29, 1.82) is 0 Å². The molecule has 0 radical (unpaired) electrons. The van der Waals surface area contributed by atoms with Crippen molar-refractivity contribution < 1.29 is 9.53 Å². The number of rotatable bonds is 4. The van der Waals surface area contributed by atoms with E-state index < -0.39 is 0 Å². The Balaban J connectivity index is 0. The van der Waals surface area contributed by atoms with E-state index in [9.17, 15) is 4.79 Å². The molecule has 0 aliphatic carbocycles. The third kappa shape index (κ3) is 22.6. The van der Waals surface area contributed by atoms with Crippen LogP contribution in [0.1, 0.15) is 54.9 Å². The van der Waals surface area contributed by atoms with E-state index in [1.807, 2.05) is 41.5 Å².